The molecule has 0 saturated carbocycles. The molecule has 2 aliphatic heterocycles. The van der Waals surface area contributed by atoms with Gasteiger partial charge in [-0.1, -0.05) is 0 Å². The van der Waals surface area contributed by atoms with Crippen molar-refractivity contribution in [2.24, 2.45) is 5.92 Å². The number of ketones is 1. The molecule has 2 saturated heterocycles. The number of carbonyl (C=O) groups excluding carboxylic acids is 1. The van der Waals surface area contributed by atoms with Crippen molar-refractivity contribution in [3.05, 3.63) is 23.4 Å². The van der Waals surface area contributed by atoms with E-state index < -0.39 is 17.6 Å². The maximum atomic E-state index is 13.1. The van der Waals surface area contributed by atoms with Crippen LogP contribution in [-0.2, 0) is 10.9 Å². The summed E-state index contributed by atoms with van der Waals surface area (Å²) in [5.41, 5.74) is -1.05. The molecule has 0 radical (unpaired) electrons. The van der Waals surface area contributed by atoms with Crippen LogP contribution in [0.4, 0.5) is 13.2 Å². The molecule has 5 nitrogen and oxygen atoms in total. The lowest BCUT2D eigenvalue weighted by molar-refractivity contribution is -0.139. The smallest absolute Gasteiger partial charge is 0.421 e. The normalized spacial score (nSPS) is 27.6. The van der Waals surface area contributed by atoms with Gasteiger partial charge >= 0.3 is 6.18 Å². The number of ether oxygens (including phenoxy) is 2. The summed E-state index contributed by atoms with van der Waals surface area (Å²) in [7, 11) is 1.12. The van der Waals surface area contributed by atoms with Crippen LogP contribution >= 0.6 is 0 Å². The number of methoxy groups -OCH3 is 1. The first kappa shape index (κ1) is 16.2. The molecule has 2 unspecified atom stereocenters. The first-order chi connectivity index (χ1) is 10.9. The molecule has 1 aromatic heterocycles. The summed E-state index contributed by atoms with van der Waals surface area (Å²) in [6.07, 6.45) is -2.34. The van der Waals surface area contributed by atoms with E-state index in [2.05, 4.69) is 15.0 Å². The fourth-order valence-corrected chi connectivity index (χ4v) is 3.24. The number of hydrogen-bond donors (Lipinski definition) is 1. The van der Waals surface area contributed by atoms with Crippen molar-refractivity contribution in [3.63, 3.8) is 0 Å². The number of nitrogens with zero attached hydrogens (tertiary/aromatic N) is 1. The summed E-state index contributed by atoms with van der Waals surface area (Å²) in [5.74, 6) is -1.14. The Kier molecular flexibility index (Phi) is 4.29. The molecular formula is C15H17F3N2O3. The topological polar surface area (TPSA) is 60.5 Å². The summed E-state index contributed by atoms with van der Waals surface area (Å²) in [4.78, 5) is 16.2. The third-order valence-corrected chi connectivity index (χ3v) is 4.25. The van der Waals surface area contributed by atoms with Crippen LogP contribution < -0.4 is 10.1 Å². The first-order valence-electron chi connectivity index (χ1n) is 7.37. The Bertz CT molecular complexity index is 594. The lowest BCUT2D eigenvalue weighted by Crippen LogP contribution is -2.55. The van der Waals surface area contributed by atoms with Gasteiger partial charge in [-0.25, -0.2) is 4.98 Å². The average molecular weight is 330 g/mol. The second-order valence-corrected chi connectivity index (χ2v) is 5.91. The van der Waals surface area contributed by atoms with Crippen LogP contribution in [0, 0.1) is 5.92 Å². The van der Waals surface area contributed by atoms with Gasteiger partial charge in [-0.15, -0.1) is 0 Å². The van der Waals surface area contributed by atoms with Crippen molar-refractivity contribution < 1.29 is 27.4 Å². The van der Waals surface area contributed by atoms with Gasteiger partial charge < -0.3 is 14.8 Å². The Hall–Kier alpha value is -1.67. The molecule has 0 aromatic carbocycles. The highest BCUT2D eigenvalue weighted by atomic mass is 19.4. The van der Waals surface area contributed by atoms with Gasteiger partial charge in [-0.3, -0.25) is 4.79 Å². The predicted molar refractivity (Wildman–Crippen MR) is 74.4 cm³/mol. The molecule has 8 heteroatoms. The molecule has 1 aromatic rings. The van der Waals surface area contributed by atoms with E-state index in [1.165, 1.54) is 0 Å². The Balaban J connectivity index is 1.85. The highest BCUT2D eigenvalue weighted by Gasteiger charge is 2.38. The van der Waals surface area contributed by atoms with Gasteiger partial charge in [0.1, 0.15) is 5.56 Å². The predicted octanol–water partition coefficient (Wildman–Crippen LogP) is 2.06. The molecule has 2 atom stereocenters. The zero-order chi connectivity index (χ0) is 16.6. The van der Waals surface area contributed by atoms with E-state index in [-0.39, 0.29) is 29.3 Å². The van der Waals surface area contributed by atoms with Crippen LogP contribution in [0.2, 0.25) is 0 Å². The van der Waals surface area contributed by atoms with E-state index >= 15 is 0 Å². The number of aromatic nitrogens is 1. The monoisotopic (exact) mass is 330 g/mol. The second kappa shape index (κ2) is 6.09. The Morgan fingerprint density at radius 1 is 1.35 bits per heavy atom. The number of rotatable bonds is 3. The summed E-state index contributed by atoms with van der Waals surface area (Å²) in [6.45, 7) is 1.05. The minimum Gasteiger partial charge on any atom is -0.481 e. The first-order valence-corrected chi connectivity index (χ1v) is 7.37. The minimum atomic E-state index is -4.62. The molecule has 2 aliphatic rings. The molecule has 1 N–H and O–H groups in total. The van der Waals surface area contributed by atoms with Crippen LogP contribution in [0.1, 0.15) is 28.8 Å². The molecule has 3 rings (SSSR count). The van der Waals surface area contributed by atoms with Crippen molar-refractivity contribution in [2.45, 2.75) is 31.1 Å². The molecule has 126 valence electrons. The fourth-order valence-electron chi connectivity index (χ4n) is 3.24. The van der Waals surface area contributed by atoms with Crippen LogP contribution in [0.3, 0.4) is 0 Å². The third kappa shape index (κ3) is 3.32. The van der Waals surface area contributed by atoms with Crippen molar-refractivity contribution in [3.8, 4) is 5.88 Å². The van der Waals surface area contributed by atoms with E-state index in [0.29, 0.717) is 26.1 Å². The number of Topliss-reactive ketones (excluding diaryl/α,β-unsaturated/α-hetero) is 1. The number of halogens is 3. The number of alkyl halides is 3. The van der Waals surface area contributed by atoms with Crippen LogP contribution in [0.5, 0.6) is 5.88 Å². The Morgan fingerprint density at radius 3 is 2.57 bits per heavy atom. The molecule has 0 spiro atoms. The van der Waals surface area contributed by atoms with Crippen molar-refractivity contribution in [2.75, 3.05) is 20.3 Å². The van der Waals surface area contributed by atoms with Crippen molar-refractivity contribution >= 4 is 5.78 Å². The van der Waals surface area contributed by atoms with Gasteiger partial charge in [0, 0.05) is 29.8 Å². The van der Waals surface area contributed by atoms with Crippen molar-refractivity contribution in [1.29, 1.82) is 0 Å². The lowest BCUT2D eigenvalue weighted by Gasteiger charge is -2.39. The minimum absolute atomic E-state index is 0.0241. The summed E-state index contributed by atoms with van der Waals surface area (Å²) >= 11 is 0. The van der Waals surface area contributed by atoms with Crippen LogP contribution in [0.25, 0.3) is 0 Å². The number of nitrogens with one attached hydrogen (secondary N) is 1. The van der Waals surface area contributed by atoms with Gasteiger partial charge in [-0.2, -0.15) is 13.2 Å². The van der Waals surface area contributed by atoms with Gasteiger partial charge in [0.25, 0.3) is 0 Å². The van der Waals surface area contributed by atoms with E-state index in [4.69, 9.17) is 4.74 Å². The second-order valence-electron chi connectivity index (χ2n) is 5.91. The average Bonchev–Trinajstić information content (AvgIpc) is 2.52. The van der Waals surface area contributed by atoms with Crippen molar-refractivity contribution in [1.82, 2.24) is 10.3 Å². The SMILES string of the molecule is COc1ncc(C(=O)C2CC3COCC(C2)N3)cc1C(F)(F)F. The quantitative estimate of drug-likeness (QED) is 0.860. The maximum Gasteiger partial charge on any atom is 0.421 e. The highest BCUT2D eigenvalue weighted by Crippen LogP contribution is 2.36. The Morgan fingerprint density at radius 2 is 2.00 bits per heavy atom. The number of piperidine rings is 1. The van der Waals surface area contributed by atoms with Gasteiger partial charge in [-0.05, 0) is 18.9 Å². The van der Waals surface area contributed by atoms with Crippen LogP contribution in [0.15, 0.2) is 12.3 Å². The number of pyridine rings is 1. The standard InChI is InChI=1S/C15H17F3N2O3/c1-22-14-12(15(16,17)18)4-9(5-19-14)13(21)8-2-10-6-23-7-11(3-8)20-10/h4-5,8,10-11,20H,2-3,6-7H2,1H3. The fraction of sp³-hybridized carbons (Fsp3) is 0.600. The van der Waals surface area contributed by atoms with Crippen LogP contribution in [-0.4, -0.2) is 43.2 Å². The third-order valence-electron chi connectivity index (χ3n) is 4.25. The van der Waals surface area contributed by atoms with E-state index in [1.54, 1.807) is 0 Å². The zero-order valence-electron chi connectivity index (χ0n) is 12.5. The molecule has 0 amide bonds. The lowest BCUT2D eigenvalue weighted by atomic mass is 9.82. The molecule has 2 bridgehead atoms. The zero-order valence-corrected chi connectivity index (χ0v) is 12.5. The summed E-state index contributed by atoms with van der Waals surface area (Å²) in [6, 6.07) is 0.983. The summed E-state index contributed by atoms with van der Waals surface area (Å²) < 4.78 is 49.2. The van der Waals surface area contributed by atoms with Gasteiger partial charge in [0.05, 0.1) is 20.3 Å². The largest absolute Gasteiger partial charge is 0.481 e. The molecular weight excluding hydrogens is 313 g/mol. The maximum absolute atomic E-state index is 13.1. The van der Waals surface area contributed by atoms with Gasteiger partial charge in [0.2, 0.25) is 5.88 Å². The molecule has 0 aliphatic carbocycles. The Labute approximate surface area is 131 Å². The number of hydrogen-bond acceptors (Lipinski definition) is 5. The van der Waals surface area contributed by atoms with E-state index in [0.717, 1.165) is 19.4 Å². The molecule has 3 heterocycles. The van der Waals surface area contributed by atoms with E-state index in [1.807, 2.05) is 0 Å². The van der Waals surface area contributed by atoms with E-state index in [9.17, 15) is 18.0 Å². The number of morpholine rings is 1. The molecule has 23 heavy (non-hydrogen) atoms. The van der Waals surface area contributed by atoms with Gasteiger partial charge in [0.15, 0.2) is 5.78 Å². The molecule has 2 fully saturated rings. The summed E-state index contributed by atoms with van der Waals surface area (Å²) in [5, 5.41) is 3.35. The highest BCUT2D eigenvalue weighted by molar-refractivity contribution is 5.98. The number of carbonyl (C=O) groups is 1. The number of fused-ring (bicyclic) bond motifs is 2.